The third-order valence-corrected chi connectivity index (χ3v) is 5.76. The number of thiazole rings is 1. The van der Waals surface area contributed by atoms with E-state index < -0.39 is 5.91 Å². The molecule has 0 fully saturated rings. The number of nitrogens with zero attached hydrogens (tertiary/aromatic N) is 2. The lowest BCUT2D eigenvalue weighted by Crippen LogP contribution is -2.33. The first-order valence-corrected chi connectivity index (χ1v) is 10.7. The molecule has 0 saturated carbocycles. The first-order valence-electron chi connectivity index (χ1n) is 9.08. The van der Waals surface area contributed by atoms with E-state index >= 15 is 0 Å². The Bertz CT molecular complexity index is 1300. The quantitative estimate of drug-likeness (QED) is 0.603. The van der Waals surface area contributed by atoms with Gasteiger partial charge in [0.25, 0.3) is 11.5 Å². The largest absolute Gasteiger partial charge is 0.493 e. The Morgan fingerprint density at radius 3 is 2.67 bits per heavy atom. The van der Waals surface area contributed by atoms with Gasteiger partial charge in [0.2, 0.25) is 0 Å². The molecule has 0 saturated heterocycles. The van der Waals surface area contributed by atoms with E-state index in [-0.39, 0.29) is 15.8 Å². The summed E-state index contributed by atoms with van der Waals surface area (Å²) in [6, 6.07) is 16.4. The predicted molar refractivity (Wildman–Crippen MR) is 121 cm³/mol. The minimum Gasteiger partial charge on any atom is -0.493 e. The number of aromatic nitrogens is 1. The van der Waals surface area contributed by atoms with Gasteiger partial charge in [-0.15, -0.1) is 11.3 Å². The molecule has 0 spiro atoms. The smallest absolute Gasteiger partial charge is 0.273 e. The lowest BCUT2D eigenvalue weighted by Gasteiger charge is -2.06. The molecule has 0 bridgehead atoms. The Hall–Kier alpha value is -3.15. The van der Waals surface area contributed by atoms with Crippen molar-refractivity contribution in [2.75, 3.05) is 13.7 Å². The summed E-state index contributed by atoms with van der Waals surface area (Å²) < 4.78 is 8.55. The van der Waals surface area contributed by atoms with Crippen LogP contribution in [0.15, 0.2) is 57.8 Å². The summed E-state index contributed by atoms with van der Waals surface area (Å²) in [6.07, 6.45) is 1.71. The Morgan fingerprint density at radius 2 is 2.03 bits per heavy atom. The van der Waals surface area contributed by atoms with E-state index in [1.54, 1.807) is 30.3 Å². The van der Waals surface area contributed by atoms with Crippen molar-refractivity contribution in [2.24, 2.45) is 0 Å². The van der Waals surface area contributed by atoms with Gasteiger partial charge in [0.05, 0.1) is 16.8 Å². The van der Waals surface area contributed by atoms with Crippen LogP contribution in [-0.2, 0) is 4.79 Å². The predicted octanol–water partition coefficient (Wildman–Crippen LogP) is 2.31. The number of rotatable bonds is 5. The summed E-state index contributed by atoms with van der Waals surface area (Å²) in [5.41, 5.74) is 0.849. The van der Waals surface area contributed by atoms with Gasteiger partial charge < -0.3 is 10.1 Å². The van der Waals surface area contributed by atoms with Gasteiger partial charge in [-0.1, -0.05) is 34.1 Å². The maximum atomic E-state index is 13.3. The minimum absolute atomic E-state index is 0.123. The van der Waals surface area contributed by atoms with Crippen molar-refractivity contribution in [1.29, 1.82) is 5.26 Å². The maximum Gasteiger partial charge on any atom is 0.273 e. The normalized spacial score (nSPS) is 12.3. The number of carbonyl (C=O) groups excluding carboxylic acids is 1. The van der Waals surface area contributed by atoms with E-state index in [2.05, 4.69) is 21.2 Å². The number of para-hydroxylation sites is 1. The molecule has 152 valence electrons. The second-order valence-corrected chi connectivity index (χ2v) is 8.02. The fraction of sp³-hybridized carbons (Fsp3) is 0.136. The zero-order chi connectivity index (χ0) is 21.7. The molecule has 0 atom stereocenters. The number of ether oxygens (including phenoxy) is 1. The molecule has 1 heterocycles. The molecule has 2 aromatic carbocycles. The molecule has 8 heteroatoms. The van der Waals surface area contributed by atoms with Gasteiger partial charge in [0, 0.05) is 17.1 Å². The van der Waals surface area contributed by atoms with Crippen molar-refractivity contribution in [3.63, 3.8) is 0 Å². The fourth-order valence-electron chi connectivity index (χ4n) is 2.84. The second-order valence-electron chi connectivity index (χ2n) is 6.07. The van der Waals surface area contributed by atoms with E-state index in [0.29, 0.717) is 22.6 Å². The highest BCUT2D eigenvalue weighted by molar-refractivity contribution is 9.10. The van der Waals surface area contributed by atoms with Crippen LogP contribution in [0.3, 0.4) is 0 Å². The molecule has 6 nitrogen and oxygen atoms in total. The standard InChI is InChI=1S/C22H18BrN3O3S/c1-3-29-18-10-9-15(23)11-14(18)12-19-21(28)26(16-7-5-4-6-8-16)22(30-19)17(13-24)20(27)25-2/h4-12H,3H2,1-2H3,(H,25,27)/b19-12+,22-17-. The van der Waals surface area contributed by atoms with Crippen molar-refractivity contribution < 1.29 is 9.53 Å². The van der Waals surface area contributed by atoms with E-state index in [9.17, 15) is 14.9 Å². The topological polar surface area (TPSA) is 84.1 Å². The summed E-state index contributed by atoms with van der Waals surface area (Å²) in [4.78, 5) is 25.6. The zero-order valence-corrected chi connectivity index (χ0v) is 18.7. The highest BCUT2D eigenvalue weighted by atomic mass is 79.9. The van der Waals surface area contributed by atoms with Gasteiger partial charge >= 0.3 is 0 Å². The van der Waals surface area contributed by atoms with Crippen LogP contribution in [0, 0.1) is 11.3 Å². The van der Waals surface area contributed by atoms with Gasteiger partial charge in [-0.25, -0.2) is 0 Å². The maximum absolute atomic E-state index is 13.3. The van der Waals surface area contributed by atoms with E-state index in [1.165, 1.54) is 11.6 Å². The average Bonchev–Trinajstić information content (AvgIpc) is 3.06. The van der Waals surface area contributed by atoms with Gasteiger partial charge in [-0.3, -0.25) is 14.2 Å². The first kappa shape index (κ1) is 21.6. The number of nitriles is 1. The third kappa shape index (κ3) is 4.37. The monoisotopic (exact) mass is 483 g/mol. The van der Waals surface area contributed by atoms with Gasteiger partial charge in [0.15, 0.2) is 5.57 Å². The summed E-state index contributed by atoms with van der Waals surface area (Å²) in [5, 5.41) is 12.1. The Labute approximate surface area is 185 Å². The molecule has 30 heavy (non-hydrogen) atoms. The number of hydrogen-bond acceptors (Lipinski definition) is 5. The number of hydrogen-bond donors (Lipinski definition) is 1. The molecule has 0 unspecified atom stereocenters. The number of halogens is 1. The average molecular weight is 484 g/mol. The number of benzene rings is 2. The van der Waals surface area contributed by atoms with Crippen LogP contribution < -0.4 is 24.8 Å². The minimum atomic E-state index is -0.549. The molecule has 0 aliphatic heterocycles. The van der Waals surface area contributed by atoms with Crippen molar-refractivity contribution in [1.82, 2.24) is 9.88 Å². The zero-order valence-electron chi connectivity index (χ0n) is 16.3. The number of amides is 1. The van der Waals surface area contributed by atoms with Crippen molar-refractivity contribution in [3.8, 4) is 17.5 Å². The molecule has 1 aromatic heterocycles. The first-order chi connectivity index (χ1) is 14.5. The van der Waals surface area contributed by atoms with Gasteiger partial charge in [0.1, 0.15) is 16.5 Å². The van der Waals surface area contributed by atoms with Crippen LogP contribution >= 0.6 is 27.3 Å². The molecule has 1 N–H and O–H groups in total. The lowest BCUT2D eigenvalue weighted by molar-refractivity contribution is -0.115. The third-order valence-electron chi connectivity index (χ3n) is 4.18. The van der Waals surface area contributed by atoms with Crippen LogP contribution in [0.1, 0.15) is 12.5 Å². The van der Waals surface area contributed by atoms with Crippen molar-refractivity contribution >= 4 is 44.8 Å². The lowest BCUT2D eigenvalue weighted by atomic mass is 10.2. The SMILES string of the molecule is CCOc1ccc(Br)cc1/C=c1/s/c(=C(/C#N)C(=O)NC)n(-c2ccccc2)c1=O. The van der Waals surface area contributed by atoms with E-state index in [0.717, 1.165) is 21.4 Å². The summed E-state index contributed by atoms with van der Waals surface area (Å²) in [6.45, 7) is 2.37. The second kappa shape index (κ2) is 9.57. The van der Waals surface area contributed by atoms with Gasteiger partial charge in [-0.2, -0.15) is 5.26 Å². The van der Waals surface area contributed by atoms with Crippen LogP contribution in [0.2, 0.25) is 0 Å². The van der Waals surface area contributed by atoms with Gasteiger partial charge in [-0.05, 0) is 43.3 Å². The van der Waals surface area contributed by atoms with Crippen LogP contribution in [-0.4, -0.2) is 24.1 Å². The van der Waals surface area contributed by atoms with Crippen LogP contribution in [0.4, 0.5) is 0 Å². The highest BCUT2D eigenvalue weighted by Crippen LogP contribution is 2.23. The van der Waals surface area contributed by atoms with Crippen LogP contribution in [0.5, 0.6) is 5.75 Å². The Morgan fingerprint density at radius 1 is 1.30 bits per heavy atom. The summed E-state index contributed by atoms with van der Waals surface area (Å²) in [5.74, 6) is 0.0875. The molecule has 1 amide bonds. The van der Waals surface area contributed by atoms with E-state index in [1.807, 2.05) is 37.3 Å². The summed E-state index contributed by atoms with van der Waals surface area (Å²) >= 11 is 4.53. The Kier molecular flexibility index (Phi) is 6.87. The summed E-state index contributed by atoms with van der Waals surface area (Å²) in [7, 11) is 1.45. The Balaban J connectivity index is 2.41. The molecule has 3 aromatic rings. The molecule has 0 aliphatic carbocycles. The number of carbonyl (C=O) groups is 1. The van der Waals surface area contributed by atoms with Crippen molar-refractivity contribution in [3.05, 3.63) is 78.1 Å². The molecule has 0 radical (unpaired) electrons. The molecular weight excluding hydrogens is 466 g/mol. The number of nitrogens with one attached hydrogen (secondary N) is 1. The van der Waals surface area contributed by atoms with Crippen molar-refractivity contribution in [2.45, 2.75) is 6.92 Å². The van der Waals surface area contributed by atoms with Crippen LogP contribution in [0.25, 0.3) is 17.3 Å². The molecule has 3 rings (SSSR count). The molecule has 0 aliphatic rings. The van der Waals surface area contributed by atoms with E-state index in [4.69, 9.17) is 4.74 Å². The fourth-order valence-corrected chi connectivity index (χ4v) is 4.31. The molecular formula is C22H18BrN3O3S. The highest BCUT2D eigenvalue weighted by Gasteiger charge is 2.16.